The first-order chi connectivity index (χ1) is 8.18. The number of para-hydroxylation sites is 1. The zero-order valence-electron chi connectivity index (χ0n) is 10.8. The molecule has 0 heterocycles. The molecule has 94 valence electrons. The van der Waals surface area contributed by atoms with Crippen molar-refractivity contribution in [3.8, 4) is 5.75 Å². The molecule has 1 aliphatic rings. The Bertz CT molecular complexity index is 358. The minimum absolute atomic E-state index is 0.215. The molecule has 0 bridgehead atoms. The highest BCUT2D eigenvalue weighted by molar-refractivity contribution is 5.34. The number of phenols is 1. The Hall–Kier alpha value is -1.02. The monoisotopic (exact) mass is 233 g/mol. The number of hydrogen-bond acceptors (Lipinski definition) is 2. The Morgan fingerprint density at radius 1 is 1.18 bits per heavy atom. The summed E-state index contributed by atoms with van der Waals surface area (Å²) in [7, 11) is 0. The van der Waals surface area contributed by atoms with Gasteiger partial charge in [0.25, 0.3) is 0 Å². The number of nitrogens with one attached hydrogen (secondary N) is 1. The quantitative estimate of drug-likeness (QED) is 0.832. The molecule has 1 aromatic carbocycles. The smallest absolute Gasteiger partial charge is 0.120 e. The van der Waals surface area contributed by atoms with Crippen molar-refractivity contribution in [2.24, 2.45) is 5.92 Å². The summed E-state index contributed by atoms with van der Waals surface area (Å²) in [6.45, 7) is 4.40. The molecule has 0 saturated heterocycles. The Kier molecular flexibility index (Phi) is 4.06. The van der Waals surface area contributed by atoms with E-state index in [1.165, 1.54) is 25.7 Å². The first kappa shape index (κ1) is 12.4. The fourth-order valence-corrected chi connectivity index (χ4v) is 2.93. The molecule has 0 aliphatic heterocycles. The summed E-state index contributed by atoms with van der Waals surface area (Å²) < 4.78 is 0. The molecular weight excluding hydrogens is 210 g/mol. The largest absolute Gasteiger partial charge is 0.508 e. The molecule has 0 amide bonds. The lowest BCUT2D eigenvalue weighted by molar-refractivity contribution is 0.347. The average molecular weight is 233 g/mol. The number of rotatable bonds is 4. The van der Waals surface area contributed by atoms with Crippen molar-refractivity contribution in [1.29, 1.82) is 0 Å². The van der Waals surface area contributed by atoms with Crippen LogP contribution in [0.4, 0.5) is 0 Å². The molecule has 0 spiro atoms. The third-order valence-electron chi connectivity index (χ3n) is 4.02. The van der Waals surface area contributed by atoms with Crippen molar-refractivity contribution in [3.05, 3.63) is 29.8 Å². The van der Waals surface area contributed by atoms with Crippen LogP contribution < -0.4 is 5.32 Å². The minimum Gasteiger partial charge on any atom is -0.508 e. The minimum atomic E-state index is 0.215. The molecular formula is C15H23NO. The van der Waals surface area contributed by atoms with Gasteiger partial charge in [0.1, 0.15) is 5.75 Å². The molecule has 1 aliphatic carbocycles. The number of hydrogen-bond donors (Lipinski definition) is 2. The first-order valence-corrected chi connectivity index (χ1v) is 6.72. The van der Waals surface area contributed by atoms with Gasteiger partial charge in [0.05, 0.1) is 0 Å². The van der Waals surface area contributed by atoms with E-state index in [0.717, 1.165) is 11.5 Å². The van der Waals surface area contributed by atoms with Gasteiger partial charge in [-0.3, -0.25) is 0 Å². The van der Waals surface area contributed by atoms with Crippen molar-refractivity contribution in [2.45, 2.75) is 51.6 Å². The molecule has 2 atom stereocenters. The molecule has 0 aromatic heterocycles. The fraction of sp³-hybridized carbons (Fsp3) is 0.600. The molecule has 17 heavy (non-hydrogen) atoms. The van der Waals surface area contributed by atoms with Gasteiger partial charge >= 0.3 is 0 Å². The van der Waals surface area contributed by atoms with Crippen molar-refractivity contribution in [2.75, 3.05) is 0 Å². The fourth-order valence-electron chi connectivity index (χ4n) is 2.93. The van der Waals surface area contributed by atoms with Gasteiger partial charge in [-0.05, 0) is 38.7 Å². The molecule has 2 rings (SSSR count). The third-order valence-corrected chi connectivity index (χ3v) is 4.02. The lowest BCUT2D eigenvalue weighted by Crippen LogP contribution is -2.34. The van der Waals surface area contributed by atoms with E-state index in [1.807, 2.05) is 18.2 Å². The summed E-state index contributed by atoms with van der Waals surface area (Å²) in [4.78, 5) is 0. The van der Waals surface area contributed by atoms with E-state index in [9.17, 15) is 5.11 Å². The zero-order chi connectivity index (χ0) is 12.3. The summed E-state index contributed by atoms with van der Waals surface area (Å²) in [5.74, 6) is 1.20. The van der Waals surface area contributed by atoms with Crippen LogP contribution in [0.2, 0.25) is 0 Å². The van der Waals surface area contributed by atoms with Gasteiger partial charge in [0.15, 0.2) is 0 Å². The lowest BCUT2D eigenvalue weighted by Gasteiger charge is -2.25. The molecule has 2 unspecified atom stereocenters. The van der Waals surface area contributed by atoms with E-state index in [-0.39, 0.29) is 6.04 Å². The van der Waals surface area contributed by atoms with E-state index >= 15 is 0 Å². The second-order valence-corrected chi connectivity index (χ2v) is 5.28. The third kappa shape index (κ3) is 3.01. The highest BCUT2D eigenvalue weighted by Crippen LogP contribution is 2.30. The maximum atomic E-state index is 9.82. The Labute approximate surface area is 104 Å². The Balaban J connectivity index is 1.96. The van der Waals surface area contributed by atoms with Crippen LogP contribution in [0.1, 0.15) is 51.1 Å². The molecule has 1 aromatic rings. The highest BCUT2D eigenvalue weighted by Gasteiger charge is 2.23. The summed E-state index contributed by atoms with van der Waals surface area (Å²) in [5, 5.41) is 13.4. The molecule has 2 nitrogen and oxygen atoms in total. The van der Waals surface area contributed by atoms with Crippen molar-refractivity contribution < 1.29 is 5.11 Å². The second-order valence-electron chi connectivity index (χ2n) is 5.28. The zero-order valence-corrected chi connectivity index (χ0v) is 10.8. The van der Waals surface area contributed by atoms with Gasteiger partial charge < -0.3 is 10.4 Å². The average Bonchev–Trinajstić information content (AvgIpc) is 2.82. The maximum absolute atomic E-state index is 9.82. The number of phenolic OH excluding ortho intramolecular Hbond substituents is 1. The van der Waals surface area contributed by atoms with E-state index in [1.54, 1.807) is 6.07 Å². The second kappa shape index (κ2) is 5.54. The molecule has 1 fully saturated rings. The van der Waals surface area contributed by atoms with Crippen LogP contribution in [-0.2, 0) is 0 Å². The topological polar surface area (TPSA) is 32.3 Å². The van der Waals surface area contributed by atoms with E-state index in [4.69, 9.17) is 0 Å². The predicted molar refractivity (Wildman–Crippen MR) is 71.1 cm³/mol. The van der Waals surface area contributed by atoms with Crippen molar-refractivity contribution in [1.82, 2.24) is 5.32 Å². The van der Waals surface area contributed by atoms with E-state index < -0.39 is 0 Å². The van der Waals surface area contributed by atoms with Crippen LogP contribution in [0.15, 0.2) is 24.3 Å². The van der Waals surface area contributed by atoms with Gasteiger partial charge in [0, 0.05) is 17.6 Å². The van der Waals surface area contributed by atoms with Gasteiger partial charge in [-0.1, -0.05) is 31.0 Å². The van der Waals surface area contributed by atoms with Crippen LogP contribution in [0, 0.1) is 5.92 Å². The molecule has 1 saturated carbocycles. The summed E-state index contributed by atoms with van der Waals surface area (Å²) in [5.41, 5.74) is 0.998. The normalized spacial score (nSPS) is 20.4. The van der Waals surface area contributed by atoms with Crippen LogP contribution in [0.5, 0.6) is 5.75 Å². The summed E-state index contributed by atoms with van der Waals surface area (Å²) in [6, 6.07) is 8.35. The predicted octanol–water partition coefficient (Wildman–Crippen LogP) is 3.62. The highest BCUT2D eigenvalue weighted by atomic mass is 16.3. The van der Waals surface area contributed by atoms with Gasteiger partial charge in [-0.25, -0.2) is 0 Å². The van der Waals surface area contributed by atoms with Crippen LogP contribution >= 0.6 is 0 Å². The summed E-state index contributed by atoms with van der Waals surface area (Å²) in [6.07, 6.45) is 5.45. The summed E-state index contributed by atoms with van der Waals surface area (Å²) >= 11 is 0. The Morgan fingerprint density at radius 2 is 1.82 bits per heavy atom. The SMILES string of the molecule is CC(NC(C)C1CCCC1)c1ccccc1O. The number of aromatic hydroxyl groups is 1. The van der Waals surface area contributed by atoms with Gasteiger partial charge in [-0.15, -0.1) is 0 Å². The molecule has 2 N–H and O–H groups in total. The Morgan fingerprint density at radius 3 is 2.47 bits per heavy atom. The first-order valence-electron chi connectivity index (χ1n) is 6.72. The lowest BCUT2D eigenvalue weighted by atomic mass is 9.97. The van der Waals surface area contributed by atoms with Crippen LogP contribution in [0.25, 0.3) is 0 Å². The van der Waals surface area contributed by atoms with Crippen molar-refractivity contribution >= 4 is 0 Å². The van der Waals surface area contributed by atoms with Crippen molar-refractivity contribution in [3.63, 3.8) is 0 Å². The van der Waals surface area contributed by atoms with Crippen LogP contribution in [0.3, 0.4) is 0 Å². The van der Waals surface area contributed by atoms with E-state index in [2.05, 4.69) is 19.2 Å². The van der Waals surface area contributed by atoms with Crippen LogP contribution in [-0.4, -0.2) is 11.1 Å². The maximum Gasteiger partial charge on any atom is 0.120 e. The number of benzene rings is 1. The van der Waals surface area contributed by atoms with E-state index in [0.29, 0.717) is 11.8 Å². The molecule has 2 heteroatoms. The van der Waals surface area contributed by atoms with Gasteiger partial charge in [-0.2, -0.15) is 0 Å². The standard InChI is InChI=1S/C15H23NO/c1-11(13-7-3-4-8-13)16-12(2)14-9-5-6-10-15(14)17/h5-6,9-13,16-17H,3-4,7-8H2,1-2H3. The van der Waals surface area contributed by atoms with Gasteiger partial charge in [0.2, 0.25) is 0 Å². The molecule has 0 radical (unpaired) electrons.